The van der Waals surface area contributed by atoms with Crippen LogP contribution in [0, 0.1) is 0 Å². The van der Waals surface area contributed by atoms with Crippen molar-refractivity contribution >= 4 is 11.8 Å². The normalized spacial score (nSPS) is 16.2. The Balaban J connectivity index is 1.75. The molecule has 2 rings (SSSR count). The maximum absolute atomic E-state index is 12.4. The summed E-state index contributed by atoms with van der Waals surface area (Å²) in [6.45, 7) is 7.52. The largest absolute Gasteiger partial charge is 0.353 e. The SMILES string of the molecule is CCCC(NC(=O)Cc1ccccc1)C(=O)NCCN1CCNCC1. The van der Waals surface area contributed by atoms with Gasteiger partial charge in [-0.25, -0.2) is 0 Å². The van der Waals surface area contributed by atoms with E-state index in [9.17, 15) is 9.59 Å². The average molecular weight is 346 g/mol. The van der Waals surface area contributed by atoms with Crippen molar-refractivity contribution in [2.45, 2.75) is 32.2 Å². The summed E-state index contributed by atoms with van der Waals surface area (Å²) in [6.07, 6.45) is 1.80. The highest BCUT2D eigenvalue weighted by Gasteiger charge is 2.20. The predicted octanol–water partition coefficient (Wildman–Crippen LogP) is 0.535. The van der Waals surface area contributed by atoms with Gasteiger partial charge in [-0.05, 0) is 12.0 Å². The molecule has 25 heavy (non-hydrogen) atoms. The number of nitrogens with zero attached hydrogens (tertiary/aromatic N) is 1. The maximum Gasteiger partial charge on any atom is 0.242 e. The van der Waals surface area contributed by atoms with Gasteiger partial charge in [0.2, 0.25) is 11.8 Å². The van der Waals surface area contributed by atoms with Crippen molar-refractivity contribution in [3.63, 3.8) is 0 Å². The van der Waals surface area contributed by atoms with Crippen LogP contribution in [0.2, 0.25) is 0 Å². The Morgan fingerprint density at radius 2 is 1.92 bits per heavy atom. The van der Waals surface area contributed by atoms with Crippen molar-refractivity contribution in [1.29, 1.82) is 0 Å². The maximum atomic E-state index is 12.4. The predicted molar refractivity (Wildman–Crippen MR) is 99.3 cm³/mol. The Morgan fingerprint density at radius 1 is 1.20 bits per heavy atom. The second-order valence-electron chi connectivity index (χ2n) is 6.45. The Bertz CT molecular complexity index is 529. The van der Waals surface area contributed by atoms with Crippen LogP contribution >= 0.6 is 0 Å². The van der Waals surface area contributed by atoms with Gasteiger partial charge in [0.05, 0.1) is 6.42 Å². The van der Waals surface area contributed by atoms with Gasteiger partial charge >= 0.3 is 0 Å². The Kier molecular flexibility index (Phi) is 8.42. The molecule has 0 saturated carbocycles. The monoisotopic (exact) mass is 346 g/mol. The van der Waals surface area contributed by atoms with Gasteiger partial charge in [0.25, 0.3) is 0 Å². The molecule has 3 N–H and O–H groups in total. The zero-order valence-electron chi connectivity index (χ0n) is 15.1. The van der Waals surface area contributed by atoms with Crippen LogP contribution in [-0.2, 0) is 16.0 Å². The summed E-state index contributed by atoms with van der Waals surface area (Å²) < 4.78 is 0. The van der Waals surface area contributed by atoms with Crippen LogP contribution in [0.25, 0.3) is 0 Å². The summed E-state index contributed by atoms with van der Waals surface area (Å²) in [5.41, 5.74) is 0.953. The van der Waals surface area contributed by atoms with Crippen LogP contribution in [0.3, 0.4) is 0 Å². The van der Waals surface area contributed by atoms with Crippen LogP contribution in [0.5, 0.6) is 0 Å². The third-order valence-electron chi connectivity index (χ3n) is 4.37. The van der Waals surface area contributed by atoms with Crippen molar-refractivity contribution in [1.82, 2.24) is 20.9 Å². The Labute approximate surface area is 150 Å². The number of hydrogen-bond acceptors (Lipinski definition) is 4. The molecule has 1 atom stereocenters. The van der Waals surface area contributed by atoms with Crippen LogP contribution in [0.15, 0.2) is 30.3 Å². The minimum atomic E-state index is -0.454. The lowest BCUT2D eigenvalue weighted by Gasteiger charge is -2.27. The average Bonchev–Trinajstić information content (AvgIpc) is 2.63. The van der Waals surface area contributed by atoms with E-state index in [1.54, 1.807) is 0 Å². The lowest BCUT2D eigenvalue weighted by Crippen LogP contribution is -2.50. The Morgan fingerprint density at radius 3 is 2.60 bits per heavy atom. The Hall–Kier alpha value is -1.92. The number of benzene rings is 1. The molecule has 1 unspecified atom stereocenters. The molecule has 138 valence electrons. The lowest BCUT2D eigenvalue weighted by molar-refractivity contribution is -0.128. The summed E-state index contributed by atoms with van der Waals surface area (Å²) in [7, 11) is 0. The second-order valence-corrected chi connectivity index (χ2v) is 6.45. The highest BCUT2D eigenvalue weighted by molar-refractivity contribution is 5.88. The molecule has 0 radical (unpaired) electrons. The number of carbonyl (C=O) groups is 2. The van der Waals surface area contributed by atoms with E-state index < -0.39 is 6.04 Å². The zero-order chi connectivity index (χ0) is 17.9. The quantitative estimate of drug-likeness (QED) is 0.610. The molecule has 1 heterocycles. The lowest BCUT2D eigenvalue weighted by atomic mass is 10.1. The smallest absolute Gasteiger partial charge is 0.242 e. The van der Waals surface area contributed by atoms with Crippen LogP contribution < -0.4 is 16.0 Å². The molecule has 1 aromatic rings. The zero-order valence-corrected chi connectivity index (χ0v) is 15.1. The number of carbonyl (C=O) groups excluding carboxylic acids is 2. The molecule has 6 heteroatoms. The minimum Gasteiger partial charge on any atom is -0.353 e. The van der Waals surface area contributed by atoms with Gasteiger partial charge in [0.1, 0.15) is 6.04 Å². The van der Waals surface area contributed by atoms with Crippen LogP contribution in [-0.4, -0.2) is 62.0 Å². The van der Waals surface area contributed by atoms with Crippen molar-refractivity contribution < 1.29 is 9.59 Å². The topological polar surface area (TPSA) is 73.5 Å². The standard InChI is InChI=1S/C19H30N4O2/c1-2-6-17(22-18(24)15-16-7-4-3-5-8-16)19(25)21-11-14-23-12-9-20-10-13-23/h3-5,7-8,17,20H,2,6,9-15H2,1H3,(H,21,25)(H,22,24). The van der Waals surface area contributed by atoms with Gasteiger partial charge < -0.3 is 16.0 Å². The fourth-order valence-corrected chi connectivity index (χ4v) is 2.98. The van der Waals surface area contributed by atoms with Gasteiger partial charge in [-0.1, -0.05) is 43.7 Å². The first kappa shape index (κ1) is 19.4. The molecule has 0 spiro atoms. The first-order chi connectivity index (χ1) is 12.2. The number of nitrogens with one attached hydrogen (secondary N) is 3. The number of hydrogen-bond donors (Lipinski definition) is 3. The molecular formula is C19H30N4O2. The summed E-state index contributed by atoms with van der Waals surface area (Å²) in [6, 6.07) is 9.13. The highest BCUT2D eigenvalue weighted by atomic mass is 16.2. The number of amides is 2. The molecule has 1 aliphatic rings. The molecule has 0 aliphatic carbocycles. The molecule has 1 aliphatic heterocycles. The molecule has 0 aromatic heterocycles. The van der Waals surface area contributed by atoms with Crippen LogP contribution in [0.1, 0.15) is 25.3 Å². The molecule has 1 fully saturated rings. The van der Waals surface area contributed by atoms with Crippen molar-refractivity contribution in [3.05, 3.63) is 35.9 Å². The number of rotatable bonds is 9. The summed E-state index contributed by atoms with van der Waals surface area (Å²) >= 11 is 0. The van der Waals surface area contributed by atoms with E-state index >= 15 is 0 Å². The molecule has 1 saturated heterocycles. The second kappa shape index (κ2) is 10.8. The van der Waals surface area contributed by atoms with E-state index in [0.717, 1.165) is 44.7 Å². The first-order valence-corrected chi connectivity index (χ1v) is 9.23. The summed E-state index contributed by atoms with van der Waals surface area (Å²) in [4.78, 5) is 27.0. The third kappa shape index (κ3) is 7.23. The fourth-order valence-electron chi connectivity index (χ4n) is 2.98. The van der Waals surface area contributed by atoms with Crippen molar-refractivity contribution in [2.75, 3.05) is 39.3 Å². The third-order valence-corrected chi connectivity index (χ3v) is 4.37. The van der Waals surface area contributed by atoms with Crippen molar-refractivity contribution in [3.8, 4) is 0 Å². The molecule has 1 aromatic carbocycles. The van der Waals surface area contributed by atoms with Crippen LogP contribution in [0.4, 0.5) is 0 Å². The molecule has 6 nitrogen and oxygen atoms in total. The summed E-state index contributed by atoms with van der Waals surface area (Å²) in [5.74, 6) is -0.194. The highest BCUT2D eigenvalue weighted by Crippen LogP contribution is 2.02. The van der Waals surface area contributed by atoms with Gasteiger partial charge in [-0.2, -0.15) is 0 Å². The van der Waals surface area contributed by atoms with Gasteiger partial charge in [-0.3, -0.25) is 14.5 Å². The van der Waals surface area contributed by atoms with Crippen molar-refractivity contribution in [2.24, 2.45) is 0 Å². The molecule has 0 bridgehead atoms. The van der Waals surface area contributed by atoms with E-state index in [1.807, 2.05) is 37.3 Å². The van der Waals surface area contributed by atoms with E-state index in [0.29, 0.717) is 19.4 Å². The van der Waals surface area contributed by atoms with E-state index in [-0.39, 0.29) is 11.8 Å². The molecular weight excluding hydrogens is 316 g/mol. The van der Waals surface area contributed by atoms with Gasteiger partial charge in [0.15, 0.2) is 0 Å². The van der Waals surface area contributed by atoms with E-state index in [1.165, 1.54) is 0 Å². The fraction of sp³-hybridized carbons (Fsp3) is 0.579. The van der Waals surface area contributed by atoms with Gasteiger partial charge in [-0.15, -0.1) is 0 Å². The van der Waals surface area contributed by atoms with Gasteiger partial charge in [0, 0.05) is 39.3 Å². The first-order valence-electron chi connectivity index (χ1n) is 9.23. The summed E-state index contributed by atoms with van der Waals surface area (Å²) in [5, 5.41) is 9.16. The van der Waals surface area contributed by atoms with E-state index in [4.69, 9.17) is 0 Å². The minimum absolute atomic E-state index is 0.0848. The van der Waals surface area contributed by atoms with E-state index in [2.05, 4.69) is 20.9 Å². The number of piperazine rings is 1. The molecule has 2 amide bonds.